The summed E-state index contributed by atoms with van der Waals surface area (Å²) in [6.45, 7) is 4.19. The van der Waals surface area contributed by atoms with Gasteiger partial charge < -0.3 is 10.2 Å². The third kappa shape index (κ3) is 3.62. The van der Waals surface area contributed by atoms with Crippen molar-refractivity contribution in [1.82, 2.24) is 9.80 Å². The smallest absolute Gasteiger partial charge is 0.120 e. The molecule has 22 heavy (non-hydrogen) atoms. The number of benzene rings is 1. The van der Waals surface area contributed by atoms with Crippen LogP contribution in [-0.4, -0.2) is 58.3 Å². The van der Waals surface area contributed by atoms with Gasteiger partial charge in [0.2, 0.25) is 0 Å². The molecular formula is C18H28N2O2. The molecule has 1 atom stereocenters. The van der Waals surface area contributed by atoms with Crippen molar-refractivity contribution < 1.29 is 10.2 Å². The normalized spacial score (nSPS) is 24.9. The van der Waals surface area contributed by atoms with E-state index in [0.717, 1.165) is 44.2 Å². The van der Waals surface area contributed by atoms with E-state index in [1.165, 1.54) is 25.7 Å². The second-order valence-electron chi connectivity index (χ2n) is 6.71. The number of rotatable bonds is 5. The molecule has 0 radical (unpaired) electrons. The minimum Gasteiger partial charge on any atom is -0.508 e. The van der Waals surface area contributed by atoms with Crippen LogP contribution in [0.1, 0.15) is 37.7 Å². The van der Waals surface area contributed by atoms with Crippen LogP contribution in [0.3, 0.4) is 0 Å². The molecule has 4 heteroatoms. The molecule has 0 bridgehead atoms. The molecule has 1 aromatic carbocycles. The van der Waals surface area contributed by atoms with Crippen LogP contribution >= 0.6 is 0 Å². The number of aliphatic hydroxyl groups excluding tert-OH is 1. The van der Waals surface area contributed by atoms with Crippen molar-refractivity contribution in [3.8, 4) is 5.75 Å². The first-order valence-corrected chi connectivity index (χ1v) is 8.64. The van der Waals surface area contributed by atoms with Gasteiger partial charge in [-0.1, -0.05) is 31.0 Å². The Morgan fingerprint density at radius 1 is 1.09 bits per heavy atom. The second kappa shape index (κ2) is 7.44. The molecule has 1 heterocycles. The van der Waals surface area contributed by atoms with Crippen LogP contribution in [0.5, 0.6) is 5.75 Å². The first-order valence-electron chi connectivity index (χ1n) is 8.64. The number of hydrogen-bond donors (Lipinski definition) is 2. The average molecular weight is 304 g/mol. The SMILES string of the molecule is OCCC1CN(Cc2ccccc2O)CCN1C1CCCC1. The number of para-hydroxylation sites is 1. The molecule has 4 nitrogen and oxygen atoms in total. The molecule has 1 aliphatic heterocycles. The number of piperazine rings is 1. The molecule has 2 aliphatic rings. The van der Waals surface area contributed by atoms with Crippen molar-refractivity contribution in [3.05, 3.63) is 29.8 Å². The van der Waals surface area contributed by atoms with Gasteiger partial charge in [-0.2, -0.15) is 0 Å². The summed E-state index contributed by atoms with van der Waals surface area (Å²) in [5.41, 5.74) is 1.000. The van der Waals surface area contributed by atoms with Crippen LogP contribution in [-0.2, 0) is 6.54 Å². The Morgan fingerprint density at radius 2 is 1.86 bits per heavy atom. The van der Waals surface area contributed by atoms with Gasteiger partial charge in [-0.05, 0) is 25.3 Å². The molecule has 1 saturated heterocycles. The third-order valence-corrected chi connectivity index (χ3v) is 5.25. The van der Waals surface area contributed by atoms with Gasteiger partial charge in [0.15, 0.2) is 0 Å². The minimum absolute atomic E-state index is 0.262. The standard InChI is InChI=1S/C18H28N2O2/c21-12-9-17-14-19(13-15-5-1-4-8-18(15)22)10-11-20(17)16-6-2-3-7-16/h1,4-5,8,16-17,21-22H,2-3,6-7,9-14H2. The highest BCUT2D eigenvalue weighted by molar-refractivity contribution is 5.31. The summed E-state index contributed by atoms with van der Waals surface area (Å²) in [5, 5.41) is 19.4. The number of hydrogen-bond acceptors (Lipinski definition) is 4. The fraction of sp³-hybridized carbons (Fsp3) is 0.667. The lowest BCUT2D eigenvalue weighted by atomic mass is 10.0. The molecule has 1 aliphatic carbocycles. The summed E-state index contributed by atoms with van der Waals surface area (Å²) in [4.78, 5) is 5.06. The van der Waals surface area contributed by atoms with Crippen LogP contribution in [0.4, 0.5) is 0 Å². The molecular weight excluding hydrogens is 276 g/mol. The first-order chi connectivity index (χ1) is 10.8. The Morgan fingerprint density at radius 3 is 2.59 bits per heavy atom. The van der Waals surface area contributed by atoms with Crippen molar-refractivity contribution in [1.29, 1.82) is 0 Å². The Balaban J connectivity index is 1.63. The van der Waals surface area contributed by atoms with Gasteiger partial charge in [0.1, 0.15) is 5.75 Å². The van der Waals surface area contributed by atoms with E-state index in [1.54, 1.807) is 6.07 Å². The Labute approximate surface area is 133 Å². The van der Waals surface area contributed by atoms with E-state index in [9.17, 15) is 10.2 Å². The van der Waals surface area contributed by atoms with Gasteiger partial charge in [0.05, 0.1) is 0 Å². The molecule has 3 rings (SSSR count). The lowest BCUT2D eigenvalue weighted by molar-refractivity contribution is 0.0265. The Bertz CT molecular complexity index is 474. The molecule has 1 saturated carbocycles. The molecule has 0 spiro atoms. The van der Waals surface area contributed by atoms with E-state index < -0.39 is 0 Å². The minimum atomic E-state index is 0.262. The highest BCUT2D eigenvalue weighted by Gasteiger charge is 2.33. The topological polar surface area (TPSA) is 46.9 Å². The van der Waals surface area contributed by atoms with Crippen molar-refractivity contribution >= 4 is 0 Å². The lowest BCUT2D eigenvalue weighted by Gasteiger charge is -2.44. The van der Waals surface area contributed by atoms with Gasteiger partial charge in [0.25, 0.3) is 0 Å². The zero-order valence-corrected chi connectivity index (χ0v) is 13.3. The molecule has 1 aromatic rings. The number of aliphatic hydroxyl groups is 1. The fourth-order valence-corrected chi connectivity index (χ4v) is 4.09. The number of aromatic hydroxyl groups is 1. The molecule has 2 fully saturated rings. The summed E-state index contributed by atoms with van der Waals surface area (Å²) >= 11 is 0. The molecule has 122 valence electrons. The van der Waals surface area contributed by atoms with Crippen LogP contribution in [0.2, 0.25) is 0 Å². The predicted octanol–water partition coefficient (Wildman–Crippen LogP) is 2.20. The number of phenolic OH excluding ortho intramolecular Hbond substituents is 1. The fourth-order valence-electron chi connectivity index (χ4n) is 4.09. The van der Waals surface area contributed by atoms with Crippen molar-refractivity contribution in [2.24, 2.45) is 0 Å². The predicted molar refractivity (Wildman–Crippen MR) is 87.8 cm³/mol. The summed E-state index contributed by atoms with van der Waals surface area (Å²) in [7, 11) is 0. The monoisotopic (exact) mass is 304 g/mol. The summed E-state index contributed by atoms with van der Waals surface area (Å²) in [6, 6.07) is 8.78. The highest BCUT2D eigenvalue weighted by Crippen LogP contribution is 2.28. The van der Waals surface area contributed by atoms with E-state index in [2.05, 4.69) is 9.80 Å². The van der Waals surface area contributed by atoms with E-state index >= 15 is 0 Å². The van der Waals surface area contributed by atoms with E-state index in [0.29, 0.717) is 11.8 Å². The first kappa shape index (κ1) is 15.8. The number of phenols is 1. The zero-order chi connectivity index (χ0) is 15.4. The lowest BCUT2D eigenvalue weighted by Crippen LogP contribution is -2.56. The van der Waals surface area contributed by atoms with Gasteiger partial charge in [-0.3, -0.25) is 9.80 Å². The van der Waals surface area contributed by atoms with Gasteiger partial charge >= 0.3 is 0 Å². The maximum atomic E-state index is 9.96. The maximum absolute atomic E-state index is 9.96. The highest BCUT2D eigenvalue weighted by atomic mass is 16.3. The number of nitrogens with zero attached hydrogens (tertiary/aromatic N) is 2. The zero-order valence-electron chi connectivity index (χ0n) is 13.3. The largest absolute Gasteiger partial charge is 0.508 e. The summed E-state index contributed by atoms with van der Waals surface area (Å²) in [5.74, 6) is 0.388. The van der Waals surface area contributed by atoms with Crippen LogP contribution in [0.15, 0.2) is 24.3 Å². The van der Waals surface area contributed by atoms with Crippen molar-refractivity contribution in [2.75, 3.05) is 26.2 Å². The third-order valence-electron chi connectivity index (χ3n) is 5.25. The van der Waals surface area contributed by atoms with E-state index in [1.807, 2.05) is 18.2 Å². The van der Waals surface area contributed by atoms with Gasteiger partial charge in [-0.15, -0.1) is 0 Å². The molecule has 0 amide bonds. The van der Waals surface area contributed by atoms with Gasteiger partial charge in [0, 0.05) is 50.4 Å². The molecule has 1 unspecified atom stereocenters. The van der Waals surface area contributed by atoms with E-state index in [4.69, 9.17) is 0 Å². The maximum Gasteiger partial charge on any atom is 0.120 e. The molecule has 0 aromatic heterocycles. The van der Waals surface area contributed by atoms with Gasteiger partial charge in [-0.25, -0.2) is 0 Å². The quantitative estimate of drug-likeness (QED) is 0.875. The van der Waals surface area contributed by atoms with Crippen LogP contribution in [0.25, 0.3) is 0 Å². The average Bonchev–Trinajstić information content (AvgIpc) is 3.04. The second-order valence-corrected chi connectivity index (χ2v) is 6.71. The van der Waals surface area contributed by atoms with Crippen molar-refractivity contribution in [2.45, 2.75) is 50.7 Å². The Kier molecular flexibility index (Phi) is 5.34. The van der Waals surface area contributed by atoms with Crippen molar-refractivity contribution in [3.63, 3.8) is 0 Å². The van der Waals surface area contributed by atoms with Crippen LogP contribution < -0.4 is 0 Å². The van der Waals surface area contributed by atoms with E-state index in [-0.39, 0.29) is 6.61 Å². The summed E-state index contributed by atoms with van der Waals surface area (Å²) < 4.78 is 0. The van der Waals surface area contributed by atoms with Crippen LogP contribution in [0, 0.1) is 0 Å². The molecule has 2 N–H and O–H groups in total. The summed E-state index contributed by atoms with van der Waals surface area (Å²) in [6.07, 6.45) is 6.21. The Hall–Kier alpha value is -1.10.